The average molecular weight is 506 g/mol. The molecule has 10 heteroatoms. The van der Waals surface area contributed by atoms with E-state index in [1.54, 1.807) is 23.0 Å². The summed E-state index contributed by atoms with van der Waals surface area (Å²) in [5.74, 6) is 6.56. The number of benzene rings is 1. The largest absolute Gasteiger partial charge is 0.378 e. The number of hydrogen-bond donors (Lipinski definition) is 2. The van der Waals surface area contributed by atoms with E-state index >= 15 is 0 Å². The summed E-state index contributed by atoms with van der Waals surface area (Å²) >= 11 is 0. The van der Waals surface area contributed by atoms with Crippen molar-refractivity contribution in [1.82, 2.24) is 29.5 Å². The molecule has 5 heterocycles. The smallest absolute Gasteiger partial charge is 0.254 e. The lowest BCUT2D eigenvalue weighted by atomic mass is 10.1. The summed E-state index contributed by atoms with van der Waals surface area (Å²) in [4.78, 5) is 38.0. The number of imidazole rings is 1. The second-order valence-electron chi connectivity index (χ2n) is 8.84. The monoisotopic (exact) mass is 505 g/mol. The lowest BCUT2D eigenvalue weighted by Crippen LogP contribution is -2.40. The van der Waals surface area contributed by atoms with Gasteiger partial charge in [0.05, 0.1) is 25.1 Å². The minimum atomic E-state index is -0.209. The molecule has 1 aromatic carbocycles. The molecule has 0 saturated carbocycles. The van der Waals surface area contributed by atoms with E-state index in [0.717, 1.165) is 16.6 Å². The van der Waals surface area contributed by atoms with Crippen LogP contribution in [-0.2, 0) is 9.53 Å². The van der Waals surface area contributed by atoms with Crippen LogP contribution < -0.4 is 5.32 Å². The number of fused-ring (bicyclic) bond motifs is 2. The highest BCUT2D eigenvalue weighted by Crippen LogP contribution is 2.21. The first-order chi connectivity index (χ1) is 18.5. The van der Waals surface area contributed by atoms with Crippen LogP contribution >= 0.6 is 0 Å². The van der Waals surface area contributed by atoms with Gasteiger partial charge in [0.25, 0.3) is 5.91 Å². The fraction of sp³-hybridized carbons (Fsp3) is 0.179. The van der Waals surface area contributed by atoms with E-state index in [1.807, 2.05) is 47.4 Å². The van der Waals surface area contributed by atoms with E-state index in [1.165, 1.54) is 6.92 Å². The Hall–Kier alpha value is -5.01. The lowest BCUT2D eigenvalue weighted by molar-refractivity contribution is -0.114. The number of H-pyrrole nitrogens is 1. The molecule has 6 rings (SSSR count). The highest BCUT2D eigenvalue weighted by molar-refractivity contribution is 5.95. The van der Waals surface area contributed by atoms with Crippen molar-refractivity contribution in [3.8, 4) is 23.1 Å². The summed E-state index contributed by atoms with van der Waals surface area (Å²) in [6.07, 6.45) is 3.45. The van der Waals surface area contributed by atoms with Gasteiger partial charge in [-0.1, -0.05) is 18.1 Å². The van der Waals surface area contributed by atoms with Crippen LogP contribution in [0.4, 0.5) is 5.82 Å². The number of ether oxygens (including phenoxy) is 1. The number of nitrogens with zero attached hydrogens (tertiary/aromatic N) is 5. The minimum absolute atomic E-state index is 0.00438. The summed E-state index contributed by atoms with van der Waals surface area (Å²) in [5.41, 5.74) is 4.87. The SMILES string of the molecule is CC(=O)Nc1cc(C#Cc2cnc3ccc(-c4ccc(C(=O)N5CCOCC5)cc4)nn23)c2cc[nH]c2n1. The second-order valence-corrected chi connectivity index (χ2v) is 8.84. The van der Waals surface area contributed by atoms with Crippen LogP contribution in [0.5, 0.6) is 0 Å². The van der Waals surface area contributed by atoms with Crippen molar-refractivity contribution in [2.24, 2.45) is 0 Å². The molecular formula is C28H23N7O3. The third-order valence-electron chi connectivity index (χ3n) is 6.25. The van der Waals surface area contributed by atoms with Crippen molar-refractivity contribution < 1.29 is 14.3 Å². The van der Waals surface area contributed by atoms with Gasteiger partial charge in [-0.25, -0.2) is 14.5 Å². The van der Waals surface area contributed by atoms with E-state index < -0.39 is 0 Å². The van der Waals surface area contributed by atoms with Gasteiger partial charge < -0.3 is 19.9 Å². The first kappa shape index (κ1) is 23.4. The third-order valence-corrected chi connectivity index (χ3v) is 6.25. The van der Waals surface area contributed by atoms with Crippen LogP contribution in [0, 0.1) is 11.8 Å². The Labute approximate surface area is 217 Å². The number of aromatic nitrogens is 5. The standard InChI is InChI=1S/C28H23N7O3/c1-18(36)31-25-16-21(23-10-11-29-27(23)32-25)6-7-22-17-30-26-9-8-24(33-35(22)26)19-2-4-20(5-3-19)28(37)34-12-14-38-15-13-34/h2-5,8-11,16-17H,12-15H2,1H3,(H2,29,31,32,36). The number of rotatable bonds is 3. The zero-order chi connectivity index (χ0) is 26.1. The number of morpholine rings is 1. The molecule has 0 bridgehead atoms. The Morgan fingerprint density at radius 1 is 1.05 bits per heavy atom. The second kappa shape index (κ2) is 9.80. The number of amides is 2. The maximum Gasteiger partial charge on any atom is 0.254 e. The summed E-state index contributed by atoms with van der Waals surface area (Å²) in [5, 5.41) is 8.31. The maximum absolute atomic E-state index is 12.8. The molecule has 2 N–H and O–H groups in total. The first-order valence-corrected chi connectivity index (χ1v) is 12.2. The van der Waals surface area contributed by atoms with Crippen molar-refractivity contribution in [3.05, 3.63) is 77.7 Å². The van der Waals surface area contributed by atoms with Crippen molar-refractivity contribution in [3.63, 3.8) is 0 Å². The van der Waals surface area contributed by atoms with Gasteiger partial charge in [0.1, 0.15) is 17.2 Å². The topological polar surface area (TPSA) is 118 Å². The van der Waals surface area contributed by atoms with Gasteiger partial charge >= 0.3 is 0 Å². The molecule has 0 atom stereocenters. The molecule has 1 fully saturated rings. The third kappa shape index (κ3) is 4.58. The van der Waals surface area contributed by atoms with Crippen LogP contribution in [0.2, 0.25) is 0 Å². The van der Waals surface area contributed by atoms with E-state index in [0.29, 0.717) is 60.2 Å². The predicted octanol–water partition coefficient (Wildman–Crippen LogP) is 3.10. The number of carbonyl (C=O) groups excluding carboxylic acids is 2. The van der Waals surface area contributed by atoms with Gasteiger partial charge in [-0.3, -0.25) is 9.59 Å². The Bertz CT molecular complexity index is 1740. The van der Waals surface area contributed by atoms with Crippen LogP contribution in [-0.4, -0.2) is 67.6 Å². The lowest BCUT2D eigenvalue weighted by Gasteiger charge is -2.26. The Balaban J connectivity index is 1.30. The molecule has 4 aromatic heterocycles. The highest BCUT2D eigenvalue weighted by atomic mass is 16.5. The van der Waals surface area contributed by atoms with E-state index in [2.05, 4.69) is 32.1 Å². The molecule has 38 heavy (non-hydrogen) atoms. The van der Waals surface area contributed by atoms with E-state index in [9.17, 15) is 9.59 Å². The van der Waals surface area contributed by atoms with Crippen LogP contribution in [0.25, 0.3) is 27.9 Å². The minimum Gasteiger partial charge on any atom is -0.378 e. The highest BCUT2D eigenvalue weighted by Gasteiger charge is 2.18. The van der Waals surface area contributed by atoms with Gasteiger partial charge in [0.15, 0.2) is 5.65 Å². The van der Waals surface area contributed by atoms with E-state index in [4.69, 9.17) is 9.84 Å². The van der Waals surface area contributed by atoms with E-state index in [-0.39, 0.29) is 11.8 Å². The van der Waals surface area contributed by atoms with Gasteiger partial charge in [0.2, 0.25) is 5.91 Å². The molecule has 2 amide bonds. The van der Waals surface area contributed by atoms with Gasteiger partial charge in [0, 0.05) is 48.3 Å². The van der Waals surface area contributed by atoms with Crippen LogP contribution in [0.3, 0.4) is 0 Å². The van der Waals surface area contributed by atoms with Crippen LogP contribution in [0.1, 0.15) is 28.5 Å². The quantitative estimate of drug-likeness (QED) is 0.364. The van der Waals surface area contributed by atoms with Gasteiger partial charge in [-0.05, 0) is 42.3 Å². The van der Waals surface area contributed by atoms with Crippen molar-refractivity contribution in [2.75, 3.05) is 31.6 Å². The number of carbonyl (C=O) groups is 2. The molecule has 5 aromatic rings. The molecule has 0 aliphatic carbocycles. The first-order valence-electron chi connectivity index (χ1n) is 12.2. The number of anilines is 1. The molecule has 0 radical (unpaired) electrons. The zero-order valence-corrected chi connectivity index (χ0v) is 20.6. The molecule has 0 spiro atoms. The average Bonchev–Trinajstić information content (AvgIpc) is 3.58. The number of pyridine rings is 1. The Morgan fingerprint density at radius 2 is 1.87 bits per heavy atom. The van der Waals surface area contributed by atoms with Crippen LogP contribution in [0.15, 0.2) is 60.9 Å². The number of nitrogens with one attached hydrogen (secondary N) is 2. The predicted molar refractivity (Wildman–Crippen MR) is 142 cm³/mol. The fourth-order valence-electron chi connectivity index (χ4n) is 4.36. The summed E-state index contributed by atoms with van der Waals surface area (Å²) in [6, 6.07) is 14.9. The summed E-state index contributed by atoms with van der Waals surface area (Å²) in [6.45, 7) is 3.78. The number of hydrogen-bond acceptors (Lipinski definition) is 6. The molecule has 1 saturated heterocycles. The Kier molecular flexibility index (Phi) is 6.03. The maximum atomic E-state index is 12.8. The molecule has 0 unspecified atom stereocenters. The number of aromatic amines is 1. The molecular weight excluding hydrogens is 482 g/mol. The molecule has 188 valence electrons. The molecule has 1 aliphatic heterocycles. The Morgan fingerprint density at radius 3 is 2.66 bits per heavy atom. The van der Waals surface area contributed by atoms with Gasteiger partial charge in [-0.15, -0.1) is 0 Å². The van der Waals surface area contributed by atoms with Crippen molar-refractivity contribution >= 4 is 34.3 Å². The van der Waals surface area contributed by atoms with Crippen molar-refractivity contribution in [1.29, 1.82) is 0 Å². The molecule has 10 nitrogen and oxygen atoms in total. The zero-order valence-electron chi connectivity index (χ0n) is 20.6. The summed E-state index contributed by atoms with van der Waals surface area (Å²) in [7, 11) is 0. The molecule has 1 aliphatic rings. The van der Waals surface area contributed by atoms with Crippen molar-refractivity contribution in [2.45, 2.75) is 6.92 Å². The fourth-order valence-corrected chi connectivity index (χ4v) is 4.36. The normalized spacial score (nSPS) is 13.3. The van der Waals surface area contributed by atoms with Gasteiger partial charge in [-0.2, -0.15) is 5.10 Å². The summed E-state index contributed by atoms with van der Waals surface area (Å²) < 4.78 is 7.03.